The first-order valence-electron chi connectivity index (χ1n) is 7.91. The Morgan fingerprint density at radius 3 is 2.59 bits per heavy atom. The number of nitriles is 1. The van der Waals surface area contributed by atoms with Gasteiger partial charge in [-0.05, 0) is 48.0 Å². The fraction of sp³-hybridized carbons (Fsp3) is 0.0500. The molecule has 0 radical (unpaired) electrons. The highest BCUT2D eigenvalue weighted by atomic mass is 35.5. The quantitative estimate of drug-likeness (QED) is 0.658. The van der Waals surface area contributed by atoms with E-state index in [9.17, 15) is 4.79 Å². The predicted octanol–water partition coefficient (Wildman–Crippen LogP) is 4.98. The van der Waals surface area contributed by atoms with Crippen LogP contribution in [0.15, 0.2) is 60.8 Å². The summed E-state index contributed by atoms with van der Waals surface area (Å²) in [5.41, 5.74) is 1.69. The lowest BCUT2D eigenvalue weighted by Crippen LogP contribution is -2.23. The molecule has 0 fully saturated rings. The number of aromatic nitrogens is 1. The number of carbonyl (C=O) groups excluding carboxylic acids is 1. The standard InChI is InChI=1S/C20H13Cl2N3O2/c21-16-4-3-15(18(22)10-16)12-25-20(26)14-7-8-24-19(9-14)27-17-5-1-13(11-23)2-6-17/h1-10H,12H2,(H,25,26). The molecule has 0 saturated carbocycles. The molecule has 0 spiro atoms. The molecule has 3 aromatic rings. The van der Waals surface area contributed by atoms with Crippen LogP contribution in [0.4, 0.5) is 0 Å². The Balaban J connectivity index is 1.66. The van der Waals surface area contributed by atoms with Gasteiger partial charge in [-0.3, -0.25) is 4.79 Å². The van der Waals surface area contributed by atoms with Crippen LogP contribution in [0.25, 0.3) is 0 Å². The average molecular weight is 398 g/mol. The smallest absolute Gasteiger partial charge is 0.251 e. The summed E-state index contributed by atoms with van der Waals surface area (Å²) < 4.78 is 5.63. The summed E-state index contributed by atoms with van der Waals surface area (Å²) in [4.78, 5) is 16.5. The Morgan fingerprint density at radius 2 is 1.89 bits per heavy atom. The van der Waals surface area contributed by atoms with Crippen LogP contribution in [-0.2, 0) is 6.54 Å². The first-order valence-corrected chi connectivity index (χ1v) is 8.67. The highest BCUT2D eigenvalue weighted by molar-refractivity contribution is 6.35. The maximum absolute atomic E-state index is 12.4. The number of pyridine rings is 1. The Bertz CT molecular complexity index is 1010. The van der Waals surface area contributed by atoms with Gasteiger partial charge in [0.15, 0.2) is 0 Å². The molecule has 27 heavy (non-hydrogen) atoms. The number of rotatable bonds is 5. The fourth-order valence-corrected chi connectivity index (χ4v) is 2.74. The van der Waals surface area contributed by atoms with E-state index in [4.69, 9.17) is 33.2 Å². The van der Waals surface area contributed by atoms with Crippen LogP contribution in [0.3, 0.4) is 0 Å². The van der Waals surface area contributed by atoms with E-state index in [0.29, 0.717) is 26.9 Å². The summed E-state index contributed by atoms with van der Waals surface area (Å²) in [6, 6.07) is 16.9. The van der Waals surface area contributed by atoms with Crippen LogP contribution in [-0.4, -0.2) is 10.9 Å². The van der Waals surface area contributed by atoms with Crippen LogP contribution >= 0.6 is 23.2 Å². The van der Waals surface area contributed by atoms with Gasteiger partial charge in [0.05, 0.1) is 11.6 Å². The van der Waals surface area contributed by atoms with E-state index < -0.39 is 0 Å². The lowest BCUT2D eigenvalue weighted by molar-refractivity contribution is 0.0950. The minimum absolute atomic E-state index is 0.267. The molecule has 134 valence electrons. The molecule has 0 saturated heterocycles. The normalized spacial score (nSPS) is 10.1. The SMILES string of the molecule is N#Cc1ccc(Oc2cc(C(=O)NCc3ccc(Cl)cc3Cl)ccn2)cc1. The van der Waals surface area contributed by atoms with Crippen LogP contribution < -0.4 is 10.1 Å². The molecule has 0 aliphatic rings. The van der Waals surface area contributed by atoms with Gasteiger partial charge in [0, 0.05) is 34.4 Å². The van der Waals surface area contributed by atoms with Crippen LogP contribution in [0.2, 0.25) is 10.0 Å². The van der Waals surface area contributed by atoms with Gasteiger partial charge < -0.3 is 10.1 Å². The van der Waals surface area contributed by atoms with Gasteiger partial charge in [0.2, 0.25) is 5.88 Å². The first-order chi connectivity index (χ1) is 13.0. The molecule has 0 unspecified atom stereocenters. The van der Waals surface area contributed by atoms with E-state index >= 15 is 0 Å². The largest absolute Gasteiger partial charge is 0.439 e. The Hall–Kier alpha value is -3.07. The predicted molar refractivity (Wildman–Crippen MR) is 103 cm³/mol. The van der Waals surface area contributed by atoms with Gasteiger partial charge in [-0.1, -0.05) is 29.3 Å². The summed E-state index contributed by atoms with van der Waals surface area (Å²) >= 11 is 12.0. The molecule has 1 amide bonds. The molecule has 2 aromatic carbocycles. The minimum Gasteiger partial charge on any atom is -0.439 e. The van der Waals surface area contributed by atoms with Crippen molar-refractivity contribution in [3.8, 4) is 17.7 Å². The number of carbonyl (C=O) groups is 1. The summed E-state index contributed by atoms with van der Waals surface area (Å²) in [7, 11) is 0. The van der Waals surface area contributed by atoms with Crippen molar-refractivity contribution in [1.29, 1.82) is 5.26 Å². The number of hydrogen-bond acceptors (Lipinski definition) is 4. The Kier molecular flexibility index (Phi) is 5.92. The highest BCUT2D eigenvalue weighted by Gasteiger charge is 2.09. The molecule has 1 N–H and O–H groups in total. The number of halogens is 2. The van der Waals surface area contributed by atoms with Crippen molar-refractivity contribution in [2.24, 2.45) is 0 Å². The molecule has 7 heteroatoms. The molecule has 0 aliphatic carbocycles. The van der Waals surface area contributed by atoms with Crippen LogP contribution in [0, 0.1) is 11.3 Å². The van der Waals surface area contributed by atoms with Crippen molar-refractivity contribution >= 4 is 29.1 Å². The topological polar surface area (TPSA) is 75.0 Å². The number of benzene rings is 2. The number of amides is 1. The second-order valence-electron chi connectivity index (χ2n) is 5.54. The van der Waals surface area contributed by atoms with E-state index in [1.165, 1.54) is 12.3 Å². The van der Waals surface area contributed by atoms with Gasteiger partial charge in [-0.2, -0.15) is 5.26 Å². The molecule has 1 heterocycles. The van der Waals surface area contributed by atoms with Crippen molar-refractivity contribution in [3.05, 3.63) is 87.5 Å². The monoisotopic (exact) mass is 397 g/mol. The van der Waals surface area contributed by atoms with Gasteiger partial charge >= 0.3 is 0 Å². The van der Waals surface area contributed by atoms with Gasteiger partial charge in [0.25, 0.3) is 5.91 Å². The van der Waals surface area contributed by atoms with E-state index in [0.717, 1.165) is 5.56 Å². The summed E-state index contributed by atoms with van der Waals surface area (Å²) in [6.07, 6.45) is 1.49. The van der Waals surface area contributed by atoms with Gasteiger partial charge in [-0.25, -0.2) is 4.98 Å². The first kappa shape index (κ1) is 18.7. The fourth-order valence-electron chi connectivity index (χ4n) is 2.27. The third-order valence-electron chi connectivity index (χ3n) is 3.66. The molecule has 3 rings (SSSR count). The van der Waals surface area contributed by atoms with Gasteiger partial charge in [-0.15, -0.1) is 0 Å². The zero-order chi connectivity index (χ0) is 19.2. The summed E-state index contributed by atoms with van der Waals surface area (Å²) in [5, 5.41) is 12.6. The van der Waals surface area contributed by atoms with Crippen molar-refractivity contribution in [2.75, 3.05) is 0 Å². The number of nitrogens with one attached hydrogen (secondary N) is 1. The van der Waals surface area contributed by atoms with E-state index in [-0.39, 0.29) is 18.3 Å². The van der Waals surface area contributed by atoms with Crippen LogP contribution in [0.1, 0.15) is 21.5 Å². The van der Waals surface area contributed by atoms with Crippen molar-refractivity contribution in [3.63, 3.8) is 0 Å². The van der Waals surface area contributed by atoms with E-state index in [1.54, 1.807) is 48.5 Å². The number of nitrogens with zero attached hydrogens (tertiary/aromatic N) is 2. The molecule has 0 bridgehead atoms. The summed E-state index contributed by atoms with van der Waals surface area (Å²) in [6.45, 7) is 0.267. The van der Waals surface area contributed by atoms with Gasteiger partial charge in [0.1, 0.15) is 5.75 Å². The van der Waals surface area contributed by atoms with Crippen molar-refractivity contribution < 1.29 is 9.53 Å². The second kappa shape index (κ2) is 8.54. The number of hydrogen-bond donors (Lipinski definition) is 1. The Labute approximate surface area is 166 Å². The Morgan fingerprint density at radius 1 is 1.11 bits per heavy atom. The minimum atomic E-state index is -0.284. The molecular formula is C20H13Cl2N3O2. The third kappa shape index (κ3) is 4.98. The highest BCUT2D eigenvalue weighted by Crippen LogP contribution is 2.22. The van der Waals surface area contributed by atoms with E-state index in [1.807, 2.05) is 6.07 Å². The second-order valence-corrected chi connectivity index (χ2v) is 6.38. The average Bonchev–Trinajstić information content (AvgIpc) is 2.68. The number of ether oxygens (including phenoxy) is 1. The van der Waals surface area contributed by atoms with E-state index in [2.05, 4.69) is 10.3 Å². The maximum Gasteiger partial charge on any atom is 0.251 e. The molecule has 5 nitrogen and oxygen atoms in total. The zero-order valence-electron chi connectivity index (χ0n) is 13.9. The third-order valence-corrected chi connectivity index (χ3v) is 4.24. The lowest BCUT2D eigenvalue weighted by Gasteiger charge is -2.09. The zero-order valence-corrected chi connectivity index (χ0v) is 15.5. The summed E-state index contributed by atoms with van der Waals surface area (Å²) in [5.74, 6) is 0.511. The van der Waals surface area contributed by atoms with Crippen LogP contribution in [0.5, 0.6) is 11.6 Å². The van der Waals surface area contributed by atoms with Crippen molar-refractivity contribution in [2.45, 2.75) is 6.54 Å². The molecule has 0 atom stereocenters. The lowest BCUT2D eigenvalue weighted by atomic mass is 10.2. The van der Waals surface area contributed by atoms with Crippen molar-refractivity contribution in [1.82, 2.24) is 10.3 Å². The molecular weight excluding hydrogens is 385 g/mol. The molecule has 0 aliphatic heterocycles. The maximum atomic E-state index is 12.4. The molecule has 1 aromatic heterocycles.